The highest BCUT2D eigenvalue weighted by atomic mass is 19.3. The number of hydrogen-bond donors (Lipinski definition) is 0. The first-order valence-electron chi connectivity index (χ1n) is 6.81. The summed E-state index contributed by atoms with van der Waals surface area (Å²) in [6.07, 6.45) is 4.83. The number of hydrogen-bond acceptors (Lipinski definition) is 2. The van der Waals surface area contributed by atoms with E-state index in [1.807, 2.05) is 0 Å². The Labute approximate surface area is 105 Å². The van der Waals surface area contributed by atoms with Crippen LogP contribution in [0.1, 0.15) is 25.7 Å². The van der Waals surface area contributed by atoms with Gasteiger partial charge in [0.1, 0.15) is 6.92 Å². The predicted molar refractivity (Wildman–Crippen MR) is 59.6 cm³/mol. The summed E-state index contributed by atoms with van der Waals surface area (Å²) in [5, 5.41) is 0. The van der Waals surface area contributed by atoms with E-state index < -0.39 is 11.9 Å². The fourth-order valence-corrected chi connectivity index (χ4v) is 6.04. The largest absolute Gasteiger partial charge is 0.483 e. The lowest BCUT2D eigenvalue weighted by molar-refractivity contribution is -0.171. The molecule has 0 saturated heterocycles. The third kappa shape index (κ3) is 1.17. The van der Waals surface area contributed by atoms with E-state index in [-0.39, 0.29) is 12.0 Å². The molecule has 4 saturated carbocycles. The average molecular weight is 255 g/mol. The van der Waals surface area contributed by atoms with Crippen molar-refractivity contribution in [2.45, 2.75) is 31.6 Å². The quantitative estimate of drug-likeness (QED) is 0.572. The van der Waals surface area contributed by atoms with Gasteiger partial charge in [-0.1, -0.05) is 0 Å². The summed E-state index contributed by atoms with van der Waals surface area (Å²) >= 11 is 0. The van der Waals surface area contributed by atoms with Crippen molar-refractivity contribution in [2.75, 3.05) is 6.61 Å². The summed E-state index contributed by atoms with van der Waals surface area (Å²) in [5.41, 5.74) is 0.0437. The number of carbonyl (C=O) groups is 1. The van der Waals surface area contributed by atoms with Gasteiger partial charge in [0, 0.05) is 5.41 Å². The van der Waals surface area contributed by atoms with Crippen molar-refractivity contribution in [3.8, 4) is 0 Å². The van der Waals surface area contributed by atoms with Gasteiger partial charge in [-0.05, 0) is 55.3 Å². The van der Waals surface area contributed by atoms with Crippen molar-refractivity contribution in [1.82, 2.24) is 0 Å². The molecule has 3 atom stereocenters. The van der Waals surface area contributed by atoms with E-state index >= 15 is 0 Å². The molecule has 0 aromatic heterocycles. The van der Waals surface area contributed by atoms with Gasteiger partial charge in [0.25, 0.3) is 0 Å². The summed E-state index contributed by atoms with van der Waals surface area (Å²) in [6.45, 7) is 2.73. The van der Waals surface area contributed by atoms with E-state index in [4.69, 9.17) is 4.74 Å². The molecule has 18 heavy (non-hydrogen) atoms. The Morgan fingerprint density at radius 3 is 2.33 bits per heavy atom. The first kappa shape index (κ1) is 11.1. The molecular weight excluding hydrogens is 238 g/mol. The van der Waals surface area contributed by atoms with Crippen LogP contribution in [-0.2, 0) is 9.53 Å². The highest BCUT2D eigenvalue weighted by Gasteiger charge is 2.72. The fraction of sp³-hybridized carbons (Fsp3) is 0.857. The van der Waals surface area contributed by atoms with Crippen molar-refractivity contribution in [1.29, 1.82) is 0 Å². The minimum absolute atomic E-state index is 0.0437. The minimum Gasteiger partial charge on any atom is -0.457 e. The second-order valence-electron chi connectivity index (χ2n) is 6.91. The van der Waals surface area contributed by atoms with E-state index in [0.717, 1.165) is 36.5 Å². The Morgan fingerprint density at radius 2 is 1.89 bits per heavy atom. The van der Waals surface area contributed by atoms with Crippen molar-refractivity contribution in [2.24, 2.45) is 35.0 Å². The summed E-state index contributed by atoms with van der Waals surface area (Å²) < 4.78 is 30.3. The van der Waals surface area contributed by atoms with E-state index in [0.29, 0.717) is 5.92 Å². The summed E-state index contributed by atoms with van der Waals surface area (Å²) in [4.78, 5) is 11.2. The van der Waals surface area contributed by atoms with E-state index in [1.165, 1.54) is 12.8 Å². The number of esters is 1. The van der Waals surface area contributed by atoms with Crippen LogP contribution in [-0.4, -0.2) is 18.5 Å². The number of ether oxygens (including phenoxy) is 1. The summed E-state index contributed by atoms with van der Waals surface area (Å²) in [6, 6.07) is 0. The molecule has 4 aliphatic carbocycles. The molecule has 0 amide bonds. The van der Waals surface area contributed by atoms with Gasteiger partial charge in [-0.15, -0.1) is 8.78 Å². The van der Waals surface area contributed by atoms with Gasteiger partial charge in [0.15, 0.2) is 0 Å². The van der Waals surface area contributed by atoms with Gasteiger partial charge in [-0.2, -0.15) is 0 Å². The molecule has 4 rings (SSSR count). The topological polar surface area (TPSA) is 26.3 Å². The SMILES string of the molecule is [CH2+]C(F)(F)C(=O)OCC12CC3CC4CC(C1)C3C42. The number of halogens is 2. The number of alkyl halides is 2. The van der Waals surface area contributed by atoms with Crippen LogP contribution in [0, 0.1) is 41.9 Å². The van der Waals surface area contributed by atoms with Gasteiger partial charge in [-0.3, -0.25) is 0 Å². The van der Waals surface area contributed by atoms with Crippen LogP contribution in [0.4, 0.5) is 8.78 Å². The van der Waals surface area contributed by atoms with Crippen LogP contribution in [0.25, 0.3) is 0 Å². The Morgan fingerprint density at radius 1 is 1.28 bits per heavy atom. The van der Waals surface area contributed by atoms with Crippen LogP contribution < -0.4 is 0 Å². The summed E-state index contributed by atoms with van der Waals surface area (Å²) in [5.74, 6) is -1.25. The highest BCUT2D eigenvalue weighted by Crippen LogP contribution is 2.78. The highest BCUT2D eigenvalue weighted by molar-refractivity contribution is 5.78. The monoisotopic (exact) mass is 255 g/mol. The second-order valence-corrected chi connectivity index (χ2v) is 6.91. The van der Waals surface area contributed by atoms with Gasteiger partial charge >= 0.3 is 11.9 Å². The molecule has 0 N–H and O–H groups in total. The molecule has 3 unspecified atom stereocenters. The Bertz CT molecular complexity index is 399. The first-order chi connectivity index (χ1) is 8.41. The molecule has 4 fully saturated rings. The molecule has 0 aliphatic heterocycles. The lowest BCUT2D eigenvalue weighted by atomic mass is 9.61. The fourth-order valence-electron chi connectivity index (χ4n) is 6.04. The van der Waals surface area contributed by atoms with Crippen LogP contribution in [0.5, 0.6) is 0 Å². The standard InChI is InChI=1S/C14H17F2O2/c1-13(15,16)12(17)18-6-14-4-8-2-7-3-9(5-14)10(8)11(7)14/h7-11H,1-6H2/q+1. The van der Waals surface area contributed by atoms with E-state index in [1.54, 1.807) is 0 Å². The maximum absolute atomic E-state index is 12.7. The lowest BCUT2D eigenvalue weighted by Gasteiger charge is -2.45. The first-order valence-corrected chi connectivity index (χ1v) is 6.81. The molecule has 6 bridgehead atoms. The van der Waals surface area contributed by atoms with Gasteiger partial charge in [0.2, 0.25) is 0 Å². The molecular formula is C14H17F2O2+. The van der Waals surface area contributed by atoms with Crippen molar-refractivity contribution in [3.05, 3.63) is 6.92 Å². The molecule has 0 radical (unpaired) electrons. The number of rotatable bonds is 3. The van der Waals surface area contributed by atoms with Crippen LogP contribution >= 0.6 is 0 Å². The zero-order valence-corrected chi connectivity index (χ0v) is 10.2. The normalized spacial score (nSPS) is 51.3. The molecule has 0 heterocycles. The molecule has 2 nitrogen and oxygen atoms in total. The molecule has 98 valence electrons. The Kier molecular flexibility index (Phi) is 1.86. The Hall–Kier alpha value is -0.800. The molecule has 4 aliphatic rings. The molecule has 0 spiro atoms. The van der Waals surface area contributed by atoms with Crippen molar-refractivity contribution < 1.29 is 18.3 Å². The number of carbonyl (C=O) groups excluding carboxylic acids is 1. The van der Waals surface area contributed by atoms with Crippen LogP contribution in [0.15, 0.2) is 0 Å². The Balaban J connectivity index is 1.49. The molecule has 4 heteroatoms. The smallest absolute Gasteiger partial charge is 0.457 e. The van der Waals surface area contributed by atoms with Gasteiger partial charge in [-0.25, -0.2) is 4.79 Å². The van der Waals surface area contributed by atoms with E-state index in [9.17, 15) is 13.6 Å². The summed E-state index contributed by atoms with van der Waals surface area (Å²) in [7, 11) is 0. The van der Waals surface area contributed by atoms with Crippen molar-refractivity contribution >= 4 is 5.97 Å². The molecule has 0 aromatic carbocycles. The second kappa shape index (κ2) is 3.02. The third-order valence-electron chi connectivity index (χ3n) is 6.06. The van der Waals surface area contributed by atoms with Crippen molar-refractivity contribution in [3.63, 3.8) is 0 Å². The maximum Gasteiger partial charge on any atom is 0.483 e. The minimum atomic E-state index is -3.60. The zero-order valence-electron chi connectivity index (χ0n) is 10.2. The average Bonchev–Trinajstić information content (AvgIpc) is 2.93. The third-order valence-corrected chi connectivity index (χ3v) is 6.06. The van der Waals surface area contributed by atoms with Gasteiger partial charge < -0.3 is 4.74 Å². The van der Waals surface area contributed by atoms with Gasteiger partial charge in [0.05, 0.1) is 6.61 Å². The van der Waals surface area contributed by atoms with Crippen LogP contribution in [0.3, 0.4) is 0 Å². The maximum atomic E-state index is 12.7. The predicted octanol–water partition coefficient (Wildman–Crippen LogP) is 2.68. The van der Waals surface area contributed by atoms with Crippen LogP contribution in [0.2, 0.25) is 0 Å². The molecule has 0 aromatic rings. The lowest BCUT2D eigenvalue weighted by Crippen LogP contribution is -2.42. The van der Waals surface area contributed by atoms with E-state index in [2.05, 4.69) is 6.92 Å². The zero-order chi connectivity index (χ0) is 12.7.